The Balaban J connectivity index is 2.46. The van der Waals surface area contributed by atoms with Crippen molar-refractivity contribution in [2.75, 3.05) is 16.9 Å². The summed E-state index contributed by atoms with van der Waals surface area (Å²) in [6.45, 7) is 0.586. The maximum absolute atomic E-state index is 10.5. The molecule has 0 radical (unpaired) electrons. The van der Waals surface area contributed by atoms with Crippen LogP contribution < -0.4 is 10.2 Å². The molecule has 0 saturated carbocycles. The van der Waals surface area contributed by atoms with E-state index in [1.54, 1.807) is 4.90 Å². The average Bonchev–Trinajstić information content (AvgIpc) is 2.47. The number of amides is 1. The van der Waals surface area contributed by atoms with Gasteiger partial charge in [-0.1, -0.05) is 12.1 Å². The molecule has 11 heavy (non-hydrogen) atoms. The summed E-state index contributed by atoms with van der Waals surface area (Å²) in [5.41, 5.74) is 1.99. The van der Waals surface area contributed by atoms with Crippen molar-refractivity contribution in [3.63, 3.8) is 0 Å². The summed E-state index contributed by atoms with van der Waals surface area (Å²) in [4.78, 5) is 12.1. The lowest BCUT2D eigenvalue weighted by Crippen LogP contribution is -2.19. The molecule has 56 valence electrons. The van der Waals surface area contributed by atoms with E-state index in [0.717, 1.165) is 17.8 Å². The third-order valence-electron chi connectivity index (χ3n) is 1.78. The fourth-order valence-electron chi connectivity index (χ4n) is 1.22. The van der Waals surface area contributed by atoms with Crippen LogP contribution in [-0.4, -0.2) is 13.1 Å². The van der Waals surface area contributed by atoms with Gasteiger partial charge in [0.15, 0.2) is 0 Å². The highest BCUT2D eigenvalue weighted by molar-refractivity contribution is 5.87. The van der Waals surface area contributed by atoms with E-state index in [-0.39, 0.29) is 0 Å². The standard InChI is InChI=1S/C8H8N2O/c11-6-10-5-9-7-3-1-2-4-8(7)10/h1-4,6,9H,5H2. The summed E-state index contributed by atoms with van der Waals surface area (Å²) in [6.07, 6.45) is 0.832. The number of para-hydroxylation sites is 2. The van der Waals surface area contributed by atoms with E-state index in [9.17, 15) is 4.79 Å². The van der Waals surface area contributed by atoms with Crippen LogP contribution in [0.3, 0.4) is 0 Å². The van der Waals surface area contributed by atoms with Gasteiger partial charge < -0.3 is 5.32 Å². The van der Waals surface area contributed by atoms with E-state index >= 15 is 0 Å². The maximum atomic E-state index is 10.5. The number of anilines is 2. The third-order valence-corrected chi connectivity index (χ3v) is 1.78. The number of carbonyl (C=O) groups excluding carboxylic acids is 1. The molecule has 1 N–H and O–H groups in total. The molecule has 1 amide bonds. The summed E-state index contributed by atoms with van der Waals surface area (Å²) in [6, 6.07) is 7.74. The molecule has 1 aromatic rings. The molecule has 0 fully saturated rings. The fraction of sp³-hybridized carbons (Fsp3) is 0.125. The van der Waals surface area contributed by atoms with Crippen molar-refractivity contribution >= 4 is 17.8 Å². The molecule has 0 saturated heterocycles. The molecule has 3 nitrogen and oxygen atoms in total. The van der Waals surface area contributed by atoms with Gasteiger partial charge in [0.1, 0.15) is 0 Å². The number of nitrogens with one attached hydrogen (secondary N) is 1. The van der Waals surface area contributed by atoms with Crippen LogP contribution in [0.4, 0.5) is 11.4 Å². The largest absolute Gasteiger partial charge is 0.366 e. The fourth-order valence-corrected chi connectivity index (χ4v) is 1.22. The molecule has 1 aliphatic rings. The molecule has 1 aromatic carbocycles. The van der Waals surface area contributed by atoms with Crippen LogP contribution in [0.1, 0.15) is 0 Å². The highest BCUT2D eigenvalue weighted by Gasteiger charge is 2.15. The van der Waals surface area contributed by atoms with Crippen molar-refractivity contribution in [3.8, 4) is 0 Å². The second kappa shape index (κ2) is 2.27. The number of carbonyl (C=O) groups is 1. The SMILES string of the molecule is O=CN1CNc2ccccc21. The molecule has 0 spiro atoms. The van der Waals surface area contributed by atoms with Crippen molar-refractivity contribution < 1.29 is 4.79 Å². The van der Waals surface area contributed by atoms with Crippen molar-refractivity contribution in [2.24, 2.45) is 0 Å². The van der Waals surface area contributed by atoms with Crippen molar-refractivity contribution in [2.45, 2.75) is 0 Å². The minimum Gasteiger partial charge on any atom is -0.366 e. The number of hydrogen-bond donors (Lipinski definition) is 1. The Morgan fingerprint density at radius 1 is 1.45 bits per heavy atom. The van der Waals surface area contributed by atoms with Crippen molar-refractivity contribution in [3.05, 3.63) is 24.3 Å². The number of hydrogen-bond acceptors (Lipinski definition) is 2. The molecule has 3 heteroatoms. The summed E-state index contributed by atoms with van der Waals surface area (Å²) < 4.78 is 0. The monoisotopic (exact) mass is 148 g/mol. The number of nitrogens with zero attached hydrogens (tertiary/aromatic N) is 1. The summed E-state index contributed by atoms with van der Waals surface area (Å²) >= 11 is 0. The Hall–Kier alpha value is -1.51. The van der Waals surface area contributed by atoms with Crippen LogP contribution in [0.5, 0.6) is 0 Å². The van der Waals surface area contributed by atoms with Gasteiger partial charge in [-0.15, -0.1) is 0 Å². The van der Waals surface area contributed by atoms with E-state index in [1.165, 1.54) is 0 Å². The van der Waals surface area contributed by atoms with E-state index in [4.69, 9.17) is 0 Å². The first-order valence-electron chi connectivity index (χ1n) is 3.46. The van der Waals surface area contributed by atoms with E-state index in [1.807, 2.05) is 24.3 Å². The lowest BCUT2D eigenvalue weighted by molar-refractivity contribution is -0.107. The predicted molar refractivity (Wildman–Crippen MR) is 43.5 cm³/mol. The first kappa shape index (κ1) is 6.22. The quantitative estimate of drug-likeness (QED) is 0.603. The highest BCUT2D eigenvalue weighted by atomic mass is 16.1. The molecular formula is C8H8N2O. The summed E-state index contributed by atoms with van der Waals surface area (Å²) in [7, 11) is 0. The Morgan fingerprint density at radius 3 is 3.09 bits per heavy atom. The first-order chi connectivity index (χ1) is 5.42. The average molecular weight is 148 g/mol. The van der Waals surface area contributed by atoms with Gasteiger partial charge in [-0.3, -0.25) is 9.69 Å². The number of benzene rings is 1. The number of rotatable bonds is 1. The maximum Gasteiger partial charge on any atom is 0.215 e. The van der Waals surface area contributed by atoms with E-state index < -0.39 is 0 Å². The van der Waals surface area contributed by atoms with Gasteiger partial charge in [0.05, 0.1) is 18.0 Å². The Morgan fingerprint density at radius 2 is 2.27 bits per heavy atom. The Kier molecular flexibility index (Phi) is 1.28. The van der Waals surface area contributed by atoms with Gasteiger partial charge >= 0.3 is 0 Å². The first-order valence-corrected chi connectivity index (χ1v) is 3.46. The van der Waals surface area contributed by atoms with Gasteiger partial charge in [-0.05, 0) is 12.1 Å². The van der Waals surface area contributed by atoms with Gasteiger partial charge in [-0.2, -0.15) is 0 Å². The summed E-state index contributed by atoms with van der Waals surface area (Å²) in [5, 5.41) is 3.10. The van der Waals surface area contributed by atoms with Crippen LogP contribution >= 0.6 is 0 Å². The normalized spacial score (nSPS) is 14.0. The van der Waals surface area contributed by atoms with Crippen LogP contribution in [0.15, 0.2) is 24.3 Å². The van der Waals surface area contributed by atoms with E-state index in [0.29, 0.717) is 6.67 Å². The molecule has 0 aromatic heterocycles. The van der Waals surface area contributed by atoms with Crippen molar-refractivity contribution in [1.29, 1.82) is 0 Å². The van der Waals surface area contributed by atoms with E-state index in [2.05, 4.69) is 5.32 Å². The minimum absolute atomic E-state index is 0.586. The molecule has 1 aliphatic heterocycles. The van der Waals surface area contributed by atoms with Crippen LogP contribution in [-0.2, 0) is 4.79 Å². The predicted octanol–water partition coefficient (Wildman–Crippen LogP) is 1.03. The van der Waals surface area contributed by atoms with Crippen LogP contribution in [0, 0.1) is 0 Å². The zero-order valence-corrected chi connectivity index (χ0v) is 5.95. The molecule has 0 atom stereocenters. The molecule has 2 rings (SSSR count). The van der Waals surface area contributed by atoms with Gasteiger partial charge in [0, 0.05) is 0 Å². The van der Waals surface area contributed by atoms with Gasteiger partial charge in [-0.25, -0.2) is 0 Å². The highest BCUT2D eigenvalue weighted by Crippen LogP contribution is 2.28. The molecule has 0 bridgehead atoms. The Labute approximate surface area is 64.6 Å². The Bertz CT molecular complexity index is 285. The second-order valence-electron chi connectivity index (χ2n) is 2.43. The number of fused-ring (bicyclic) bond motifs is 1. The molecule has 1 heterocycles. The van der Waals surface area contributed by atoms with Crippen molar-refractivity contribution in [1.82, 2.24) is 0 Å². The minimum atomic E-state index is 0.586. The molecule has 0 unspecified atom stereocenters. The van der Waals surface area contributed by atoms with Gasteiger partial charge in [0.2, 0.25) is 6.41 Å². The smallest absolute Gasteiger partial charge is 0.215 e. The zero-order valence-electron chi connectivity index (χ0n) is 5.95. The molecular weight excluding hydrogens is 140 g/mol. The van der Waals surface area contributed by atoms with Crippen LogP contribution in [0.2, 0.25) is 0 Å². The third kappa shape index (κ3) is 0.852. The van der Waals surface area contributed by atoms with Gasteiger partial charge in [0.25, 0.3) is 0 Å². The second-order valence-corrected chi connectivity index (χ2v) is 2.43. The topological polar surface area (TPSA) is 32.3 Å². The zero-order chi connectivity index (χ0) is 7.68. The molecule has 0 aliphatic carbocycles. The lowest BCUT2D eigenvalue weighted by Gasteiger charge is -2.06. The van der Waals surface area contributed by atoms with Crippen LogP contribution in [0.25, 0.3) is 0 Å². The lowest BCUT2D eigenvalue weighted by atomic mass is 10.3. The summed E-state index contributed by atoms with van der Waals surface area (Å²) in [5.74, 6) is 0.